The highest BCUT2D eigenvalue weighted by Crippen LogP contribution is 2.62. The van der Waals surface area contributed by atoms with Gasteiger partial charge in [0, 0.05) is 5.41 Å². The van der Waals surface area contributed by atoms with E-state index in [1.165, 1.54) is 32.8 Å². The van der Waals surface area contributed by atoms with Gasteiger partial charge in [0.2, 0.25) is 0 Å². The van der Waals surface area contributed by atoms with Gasteiger partial charge < -0.3 is 9.47 Å². The van der Waals surface area contributed by atoms with E-state index in [9.17, 15) is 9.59 Å². The van der Waals surface area contributed by atoms with E-state index >= 15 is 0 Å². The predicted octanol–water partition coefficient (Wildman–Crippen LogP) is 5.62. The first-order chi connectivity index (χ1) is 13.7. The number of rotatable bonds is 6. The number of allylic oxidation sites excluding steroid dienone is 4. The summed E-state index contributed by atoms with van der Waals surface area (Å²) in [5.41, 5.74) is 3.41. The van der Waals surface area contributed by atoms with Crippen LogP contribution >= 0.6 is 0 Å². The van der Waals surface area contributed by atoms with Crippen LogP contribution in [0, 0.1) is 28.6 Å². The summed E-state index contributed by atoms with van der Waals surface area (Å²) < 4.78 is 10.3. The lowest BCUT2D eigenvalue weighted by molar-refractivity contribution is -0.156. The summed E-state index contributed by atoms with van der Waals surface area (Å²) in [6.07, 6.45) is 12.2. The number of esters is 2. The zero-order chi connectivity index (χ0) is 21.2. The van der Waals surface area contributed by atoms with Crippen molar-refractivity contribution in [2.24, 2.45) is 28.6 Å². The monoisotopic (exact) mass is 402 g/mol. The molecule has 0 aliphatic heterocycles. The van der Waals surface area contributed by atoms with Crippen molar-refractivity contribution in [3.63, 3.8) is 0 Å². The molecule has 3 aliphatic rings. The summed E-state index contributed by atoms with van der Waals surface area (Å²) in [5, 5.41) is 0. The highest BCUT2D eigenvalue weighted by molar-refractivity contribution is 5.77. The Bertz CT molecular complexity index is 704. The molecular weight excluding hydrogens is 364 g/mol. The normalized spacial score (nSPS) is 33.9. The average molecular weight is 403 g/mol. The molecule has 3 rings (SSSR count). The molecule has 4 heteroatoms. The maximum absolute atomic E-state index is 12.2. The quantitative estimate of drug-likeness (QED) is 0.541. The summed E-state index contributed by atoms with van der Waals surface area (Å²) in [4.78, 5) is 23.4. The lowest BCUT2D eigenvalue weighted by atomic mass is 9.47. The molecule has 3 aliphatic carbocycles. The van der Waals surface area contributed by atoms with Gasteiger partial charge in [-0.3, -0.25) is 9.59 Å². The Kier molecular flexibility index (Phi) is 6.60. The molecule has 4 nitrogen and oxygen atoms in total. The zero-order valence-corrected chi connectivity index (χ0v) is 18.9. The Balaban J connectivity index is 1.72. The average Bonchev–Trinajstić information content (AvgIpc) is 2.70. The van der Waals surface area contributed by atoms with Crippen molar-refractivity contribution < 1.29 is 19.1 Å². The first-order valence-corrected chi connectivity index (χ1v) is 11.3. The zero-order valence-electron chi connectivity index (χ0n) is 18.9. The van der Waals surface area contributed by atoms with E-state index in [-0.39, 0.29) is 35.6 Å². The Hall–Kier alpha value is -1.58. The number of hydrogen-bond acceptors (Lipinski definition) is 4. The molecule has 29 heavy (non-hydrogen) atoms. The Labute approximate surface area is 176 Å². The molecule has 0 aromatic carbocycles. The van der Waals surface area contributed by atoms with E-state index in [4.69, 9.17) is 4.74 Å². The van der Waals surface area contributed by atoms with Crippen LogP contribution in [0.25, 0.3) is 0 Å². The largest absolute Gasteiger partial charge is 0.469 e. The van der Waals surface area contributed by atoms with Crippen molar-refractivity contribution >= 4 is 11.9 Å². The van der Waals surface area contributed by atoms with Gasteiger partial charge in [0.15, 0.2) is 0 Å². The summed E-state index contributed by atoms with van der Waals surface area (Å²) in [6, 6.07) is 0. The van der Waals surface area contributed by atoms with Crippen LogP contribution in [0.1, 0.15) is 79.1 Å². The first kappa shape index (κ1) is 22.1. The van der Waals surface area contributed by atoms with E-state index in [2.05, 4.69) is 44.6 Å². The SMILES string of the molecule is COC(=O)CCC(=O)OC[C@]1(C)CCC[C@@]2(C)[C@@H]3CCC(C(C)C)=CC3=CC[C@H]12. The van der Waals surface area contributed by atoms with Gasteiger partial charge >= 0.3 is 11.9 Å². The number of hydrogen-bond donors (Lipinski definition) is 0. The third-order valence-electron chi connectivity index (χ3n) is 8.03. The second kappa shape index (κ2) is 8.65. The van der Waals surface area contributed by atoms with Gasteiger partial charge in [-0.15, -0.1) is 0 Å². The smallest absolute Gasteiger partial charge is 0.306 e. The summed E-state index contributed by atoms with van der Waals surface area (Å²) >= 11 is 0. The van der Waals surface area contributed by atoms with Gasteiger partial charge in [0.05, 0.1) is 26.6 Å². The van der Waals surface area contributed by atoms with E-state index < -0.39 is 0 Å². The van der Waals surface area contributed by atoms with Gasteiger partial charge in [0.25, 0.3) is 0 Å². The second-order valence-electron chi connectivity index (χ2n) is 10.2. The molecule has 0 aromatic rings. The van der Waals surface area contributed by atoms with Crippen molar-refractivity contribution in [1.29, 1.82) is 0 Å². The van der Waals surface area contributed by atoms with E-state index in [0.29, 0.717) is 24.4 Å². The fourth-order valence-electron chi connectivity index (χ4n) is 6.27. The molecule has 0 aromatic heterocycles. The van der Waals surface area contributed by atoms with Crippen LogP contribution in [0.2, 0.25) is 0 Å². The van der Waals surface area contributed by atoms with Gasteiger partial charge in [-0.25, -0.2) is 0 Å². The Morgan fingerprint density at radius 1 is 1.17 bits per heavy atom. The molecular formula is C25H38O4. The minimum absolute atomic E-state index is 0.00199. The van der Waals surface area contributed by atoms with Crippen molar-refractivity contribution in [3.8, 4) is 0 Å². The van der Waals surface area contributed by atoms with Gasteiger partial charge in [-0.05, 0) is 60.8 Å². The third-order valence-corrected chi connectivity index (χ3v) is 8.03. The maximum Gasteiger partial charge on any atom is 0.306 e. The van der Waals surface area contributed by atoms with Crippen molar-refractivity contribution in [2.45, 2.75) is 79.1 Å². The van der Waals surface area contributed by atoms with Crippen molar-refractivity contribution in [3.05, 3.63) is 23.3 Å². The fourth-order valence-corrected chi connectivity index (χ4v) is 6.27. The molecule has 0 amide bonds. The van der Waals surface area contributed by atoms with Gasteiger partial charge in [0.1, 0.15) is 0 Å². The highest BCUT2D eigenvalue weighted by atomic mass is 16.5. The van der Waals surface area contributed by atoms with Gasteiger partial charge in [-0.2, -0.15) is 0 Å². The predicted molar refractivity (Wildman–Crippen MR) is 114 cm³/mol. The molecule has 4 atom stereocenters. The molecule has 1 fully saturated rings. The number of carbonyl (C=O) groups excluding carboxylic acids is 2. The summed E-state index contributed by atoms with van der Waals surface area (Å²) in [7, 11) is 1.34. The molecule has 0 unspecified atom stereocenters. The minimum atomic E-state index is -0.366. The number of carbonyl (C=O) groups is 2. The molecule has 1 saturated carbocycles. The molecule has 162 valence electrons. The van der Waals surface area contributed by atoms with Crippen molar-refractivity contribution in [2.75, 3.05) is 13.7 Å². The van der Waals surface area contributed by atoms with Crippen LogP contribution in [0.4, 0.5) is 0 Å². The van der Waals surface area contributed by atoms with Gasteiger partial charge in [-0.1, -0.05) is 51.8 Å². The van der Waals surface area contributed by atoms with Crippen LogP contribution in [0.3, 0.4) is 0 Å². The highest BCUT2D eigenvalue weighted by Gasteiger charge is 2.54. The van der Waals surface area contributed by atoms with E-state index in [1.807, 2.05) is 0 Å². The summed E-state index contributed by atoms with van der Waals surface area (Å²) in [5.74, 6) is 1.12. The molecule has 0 spiro atoms. The van der Waals surface area contributed by atoms with Crippen LogP contribution in [0.5, 0.6) is 0 Å². The van der Waals surface area contributed by atoms with E-state index in [1.54, 1.807) is 11.1 Å². The Morgan fingerprint density at radius 2 is 1.90 bits per heavy atom. The fraction of sp³-hybridized carbons (Fsp3) is 0.760. The van der Waals surface area contributed by atoms with Crippen LogP contribution in [-0.4, -0.2) is 25.7 Å². The maximum atomic E-state index is 12.2. The number of ether oxygens (including phenoxy) is 2. The lowest BCUT2D eigenvalue weighted by Gasteiger charge is -2.58. The molecule has 0 heterocycles. The molecule has 0 N–H and O–H groups in total. The van der Waals surface area contributed by atoms with Crippen LogP contribution in [-0.2, 0) is 19.1 Å². The minimum Gasteiger partial charge on any atom is -0.469 e. The number of fused-ring (bicyclic) bond motifs is 3. The molecule has 0 saturated heterocycles. The Morgan fingerprint density at radius 3 is 2.59 bits per heavy atom. The lowest BCUT2D eigenvalue weighted by Crippen LogP contribution is -2.51. The van der Waals surface area contributed by atoms with Crippen LogP contribution in [0.15, 0.2) is 23.3 Å². The summed E-state index contributed by atoms with van der Waals surface area (Å²) in [6.45, 7) is 9.84. The van der Waals surface area contributed by atoms with Crippen molar-refractivity contribution in [1.82, 2.24) is 0 Å². The topological polar surface area (TPSA) is 52.6 Å². The third kappa shape index (κ3) is 4.46. The molecule has 0 radical (unpaired) electrons. The molecule has 0 bridgehead atoms. The number of methoxy groups -OCH3 is 1. The standard InChI is InChI=1S/C25H38O4/c1-17(2)18-7-9-20-19(15-18)8-10-21-24(3,13-6-14-25(20,21)4)16-29-23(27)12-11-22(26)28-5/h8,15,17,20-21H,6-7,9-14,16H2,1-5H3/t20-,21-,24+,25+/m1/s1. The second-order valence-corrected chi connectivity index (χ2v) is 10.2. The first-order valence-electron chi connectivity index (χ1n) is 11.3. The van der Waals surface area contributed by atoms with Crippen LogP contribution < -0.4 is 0 Å². The van der Waals surface area contributed by atoms with E-state index in [0.717, 1.165) is 12.8 Å².